The maximum absolute atomic E-state index is 13.2. The number of hydrogen-bond acceptors (Lipinski definition) is 2. The Morgan fingerprint density at radius 3 is 2.19 bits per heavy atom. The standard InChI is InChI=1S/C13H13F4NO3/c1-6(2)10(12(20)21)18-11(19)7-3-8(13(15,16)17)5-9(14)4-7/h3-6,10H,1-2H3,(H,18,19)(H,20,21)/t10-/m1/s1. The summed E-state index contributed by atoms with van der Waals surface area (Å²) in [6.07, 6.45) is -4.80. The summed E-state index contributed by atoms with van der Waals surface area (Å²) in [7, 11) is 0. The van der Waals surface area contributed by atoms with Crippen LogP contribution in [-0.2, 0) is 11.0 Å². The minimum Gasteiger partial charge on any atom is -0.480 e. The van der Waals surface area contributed by atoms with Crippen LogP contribution in [0.5, 0.6) is 0 Å². The topological polar surface area (TPSA) is 66.4 Å². The maximum Gasteiger partial charge on any atom is 0.416 e. The number of aliphatic carboxylic acids is 1. The van der Waals surface area contributed by atoms with Gasteiger partial charge >= 0.3 is 12.1 Å². The molecule has 0 aliphatic carbocycles. The van der Waals surface area contributed by atoms with Gasteiger partial charge in [-0.15, -0.1) is 0 Å². The third-order valence-electron chi connectivity index (χ3n) is 2.71. The highest BCUT2D eigenvalue weighted by Gasteiger charge is 2.32. The number of rotatable bonds is 4. The van der Waals surface area contributed by atoms with Crippen molar-refractivity contribution in [2.45, 2.75) is 26.1 Å². The van der Waals surface area contributed by atoms with E-state index in [-0.39, 0.29) is 6.07 Å². The minimum atomic E-state index is -4.80. The van der Waals surface area contributed by atoms with Crippen molar-refractivity contribution in [1.29, 1.82) is 0 Å². The molecule has 0 bridgehead atoms. The van der Waals surface area contributed by atoms with E-state index in [0.717, 1.165) is 0 Å². The number of nitrogens with one attached hydrogen (secondary N) is 1. The Balaban J connectivity index is 3.08. The molecule has 21 heavy (non-hydrogen) atoms. The van der Waals surface area contributed by atoms with Crippen molar-refractivity contribution in [2.24, 2.45) is 5.92 Å². The van der Waals surface area contributed by atoms with Crippen LogP contribution in [0, 0.1) is 11.7 Å². The molecule has 1 aromatic carbocycles. The Morgan fingerprint density at radius 1 is 1.19 bits per heavy atom. The van der Waals surface area contributed by atoms with Crippen LogP contribution in [0.4, 0.5) is 17.6 Å². The molecular weight excluding hydrogens is 294 g/mol. The van der Waals surface area contributed by atoms with Crippen molar-refractivity contribution in [3.8, 4) is 0 Å². The summed E-state index contributed by atoms with van der Waals surface area (Å²) in [6, 6.07) is 0.0603. The highest BCUT2D eigenvalue weighted by atomic mass is 19.4. The Labute approximate surface area is 117 Å². The normalized spacial score (nSPS) is 13.1. The van der Waals surface area contributed by atoms with Gasteiger partial charge in [-0.2, -0.15) is 13.2 Å². The van der Waals surface area contributed by atoms with Gasteiger partial charge in [-0.05, 0) is 24.1 Å². The van der Waals surface area contributed by atoms with Crippen LogP contribution in [0.1, 0.15) is 29.8 Å². The van der Waals surface area contributed by atoms with E-state index in [1.165, 1.54) is 13.8 Å². The van der Waals surface area contributed by atoms with Gasteiger partial charge < -0.3 is 10.4 Å². The third-order valence-corrected chi connectivity index (χ3v) is 2.71. The molecule has 0 heterocycles. The molecule has 0 unspecified atom stereocenters. The lowest BCUT2D eigenvalue weighted by molar-refractivity contribution is -0.140. The van der Waals surface area contributed by atoms with Gasteiger partial charge in [-0.25, -0.2) is 9.18 Å². The van der Waals surface area contributed by atoms with Crippen LogP contribution < -0.4 is 5.32 Å². The van der Waals surface area contributed by atoms with Crippen molar-refractivity contribution in [1.82, 2.24) is 5.32 Å². The number of hydrogen-bond donors (Lipinski definition) is 2. The molecule has 116 valence electrons. The summed E-state index contributed by atoms with van der Waals surface area (Å²) >= 11 is 0. The Kier molecular flexibility index (Phi) is 4.93. The highest BCUT2D eigenvalue weighted by molar-refractivity contribution is 5.96. The SMILES string of the molecule is CC(C)[C@@H](NC(=O)c1cc(F)cc(C(F)(F)F)c1)C(=O)O. The molecule has 1 rings (SSSR count). The van der Waals surface area contributed by atoms with Crippen molar-refractivity contribution in [2.75, 3.05) is 0 Å². The van der Waals surface area contributed by atoms with Gasteiger partial charge in [0, 0.05) is 5.56 Å². The molecule has 0 aliphatic rings. The molecule has 0 saturated heterocycles. The molecule has 0 aliphatic heterocycles. The van der Waals surface area contributed by atoms with Crippen LogP contribution in [0.3, 0.4) is 0 Å². The first-order valence-corrected chi connectivity index (χ1v) is 5.94. The molecule has 4 nitrogen and oxygen atoms in total. The molecule has 1 amide bonds. The van der Waals surface area contributed by atoms with E-state index < -0.39 is 47.0 Å². The van der Waals surface area contributed by atoms with E-state index in [0.29, 0.717) is 12.1 Å². The summed E-state index contributed by atoms with van der Waals surface area (Å²) in [5.41, 5.74) is -1.90. The van der Waals surface area contributed by atoms with Crippen LogP contribution in [0.25, 0.3) is 0 Å². The lowest BCUT2D eigenvalue weighted by atomic mass is 10.0. The highest BCUT2D eigenvalue weighted by Crippen LogP contribution is 2.30. The fourth-order valence-corrected chi connectivity index (χ4v) is 1.62. The third kappa shape index (κ3) is 4.44. The largest absolute Gasteiger partial charge is 0.480 e. The molecule has 0 fully saturated rings. The van der Waals surface area contributed by atoms with Gasteiger partial charge in [-0.3, -0.25) is 4.79 Å². The smallest absolute Gasteiger partial charge is 0.416 e. The number of halogens is 4. The van der Waals surface area contributed by atoms with Crippen LogP contribution in [0.2, 0.25) is 0 Å². The number of carboxylic acids is 1. The Bertz CT molecular complexity index is 555. The predicted molar refractivity (Wildman–Crippen MR) is 65.1 cm³/mol. The molecule has 0 saturated carbocycles. The zero-order valence-corrected chi connectivity index (χ0v) is 11.2. The zero-order chi connectivity index (χ0) is 16.4. The van der Waals surface area contributed by atoms with Gasteiger partial charge in [0.05, 0.1) is 5.56 Å². The first-order valence-electron chi connectivity index (χ1n) is 5.94. The first kappa shape index (κ1) is 16.9. The fraction of sp³-hybridized carbons (Fsp3) is 0.385. The number of alkyl halides is 3. The molecule has 0 radical (unpaired) electrons. The molecule has 1 atom stereocenters. The van der Waals surface area contributed by atoms with Crippen molar-refractivity contribution in [3.63, 3.8) is 0 Å². The second-order valence-corrected chi connectivity index (χ2v) is 4.76. The molecule has 0 spiro atoms. The van der Waals surface area contributed by atoms with E-state index in [1.54, 1.807) is 0 Å². The molecule has 2 N–H and O–H groups in total. The van der Waals surface area contributed by atoms with Crippen molar-refractivity contribution in [3.05, 3.63) is 35.1 Å². The average Bonchev–Trinajstić information content (AvgIpc) is 2.32. The molecule has 0 aromatic heterocycles. The Hall–Kier alpha value is -2.12. The summed E-state index contributed by atoms with van der Waals surface area (Å²) in [5.74, 6) is -4.12. The van der Waals surface area contributed by atoms with Crippen LogP contribution in [-0.4, -0.2) is 23.0 Å². The minimum absolute atomic E-state index is 0.258. The van der Waals surface area contributed by atoms with Crippen molar-refractivity contribution >= 4 is 11.9 Å². The van der Waals surface area contributed by atoms with Crippen LogP contribution >= 0.6 is 0 Å². The summed E-state index contributed by atoms with van der Waals surface area (Å²) in [5, 5.41) is 11.0. The van der Waals surface area contributed by atoms with Gasteiger partial charge in [0.25, 0.3) is 5.91 Å². The quantitative estimate of drug-likeness (QED) is 0.841. The summed E-state index contributed by atoms with van der Waals surface area (Å²) in [6.45, 7) is 3.04. The molecular formula is C13H13F4NO3. The fourth-order valence-electron chi connectivity index (χ4n) is 1.62. The van der Waals surface area contributed by atoms with E-state index in [2.05, 4.69) is 5.32 Å². The average molecular weight is 307 g/mol. The molecule has 1 aromatic rings. The summed E-state index contributed by atoms with van der Waals surface area (Å²) in [4.78, 5) is 22.7. The van der Waals surface area contributed by atoms with Crippen molar-refractivity contribution < 1.29 is 32.3 Å². The van der Waals surface area contributed by atoms with Gasteiger partial charge in [0.15, 0.2) is 0 Å². The second-order valence-electron chi connectivity index (χ2n) is 4.76. The van der Waals surface area contributed by atoms with E-state index in [4.69, 9.17) is 5.11 Å². The summed E-state index contributed by atoms with van der Waals surface area (Å²) < 4.78 is 50.8. The predicted octanol–water partition coefficient (Wildman–Crippen LogP) is 2.68. The second kappa shape index (κ2) is 6.11. The van der Waals surface area contributed by atoms with E-state index in [9.17, 15) is 27.2 Å². The maximum atomic E-state index is 13.2. The lowest BCUT2D eigenvalue weighted by Crippen LogP contribution is -2.44. The number of carboxylic acid groups (broad SMARTS) is 1. The number of benzene rings is 1. The number of carbonyl (C=O) groups is 2. The Morgan fingerprint density at radius 2 is 1.76 bits per heavy atom. The van der Waals surface area contributed by atoms with E-state index in [1.807, 2.05) is 0 Å². The first-order chi connectivity index (χ1) is 9.52. The molecule has 8 heteroatoms. The lowest BCUT2D eigenvalue weighted by Gasteiger charge is -2.18. The number of amides is 1. The number of carbonyl (C=O) groups excluding carboxylic acids is 1. The van der Waals surface area contributed by atoms with Crippen LogP contribution in [0.15, 0.2) is 18.2 Å². The zero-order valence-electron chi connectivity index (χ0n) is 11.2. The van der Waals surface area contributed by atoms with Gasteiger partial charge in [0.2, 0.25) is 0 Å². The van der Waals surface area contributed by atoms with Gasteiger partial charge in [-0.1, -0.05) is 13.8 Å². The monoisotopic (exact) mass is 307 g/mol. The van der Waals surface area contributed by atoms with E-state index >= 15 is 0 Å². The van der Waals surface area contributed by atoms with Gasteiger partial charge in [0.1, 0.15) is 11.9 Å².